The number of ketones is 1. The molecule has 2 fully saturated rings. The van der Waals surface area contributed by atoms with Gasteiger partial charge in [0.25, 0.3) is 0 Å². The lowest BCUT2D eigenvalue weighted by Crippen LogP contribution is -2.60. The first-order valence-electron chi connectivity index (χ1n) is 17.6. The average Bonchev–Trinajstić information content (AvgIpc) is 3.59. The lowest BCUT2D eigenvalue weighted by atomic mass is 9.74. The van der Waals surface area contributed by atoms with E-state index in [4.69, 9.17) is 23.8 Å². The Morgan fingerprint density at radius 2 is 1.80 bits per heavy atom. The second kappa shape index (κ2) is 18.0. The third kappa shape index (κ3) is 9.80. The highest BCUT2D eigenvalue weighted by Crippen LogP contribution is 2.38. The highest BCUT2D eigenvalue weighted by atomic mass is 32.1. The molecule has 0 amide bonds. The number of carbonyl (C=O) groups excluding carboxylic acids is 2. The number of likely N-dealkylation sites (N-methyl/N-ethyl adjacent to an activating group) is 1. The number of methoxy groups -OCH3 is 1. The Labute approximate surface area is 301 Å². The van der Waals surface area contributed by atoms with Gasteiger partial charge in [0, 0.05) is 35.8 Å². The molecule has 13 atom stereocenters. The maximum atomic E-state index is 14.1. The zero-order valence-corrected chi connectivity index (χ0v) is 32.4. The average molecular weight is 725 g/mol. The van der Waals surface area contributed by atoms with Gasteiger partial charge in [-0.05, 0) is 84.7 Å². The molecule has 12 nitrogen and oxygen atoms in total. The summed E-state index contributed by atoms with van der Waals surface area (Å²) >= 11 is 1.59. The van der Waals surface area contributed by atoms with Gasteiger partial charge in [-0.1, -0.05) is 38.9 Å². The minimum absolute atomic E-state index is 0.154. The number of carbonyl (C=O) groups is 2. The van der Waals surface area contributed by atoms with E-state index >= 15 is 0 Å². The topological polar surface area (TPSA) is 157 Å². The molecule has 284 valence electrons. The van der Waals surface area contributed by atoms with Crippen molar-refractivity contribution >= 4 is 34.9 Å². The summed E-state index contributed by atoms with van der Waals surface area (Å²) in [6, 6.07) is 3.68. The van der Waals surface area contributed by atoms with Gasteiger partial charge in [0.15, 0.2) is 12.1 Å². The van der Waals surface area contributed by atoms with Crippen LogP contribution in [0.3, 0.4) is 0 Å². The molecule has 3 rings (SSSR count). The smallest absolute Gasteiger partial charge is 0.316 e. The predicted octanol–water partition coefficient (Wildman–Crippen LogP) is 4.30. The van der Waals surface area contributed by atoms with Crippen molar-refractivity contribution in [3.8, 4) is 0 Å². The lowest BCUT2D eigenvalue weighted by Gasteiger charge is -2.47. The SMILES string of the molecule is CC[C@H]1OC(=O)[C@H](C)C(=O)[C@H](C)C(O[C@H]2O[C@H](C)C[C@H](N(C)C)[C@H]2O)[C@](C)(OC)C[C@@H](C)/C(=N\OC/C=C/c2cccs2)[C@H](C)[C@@H](O)[C@]1(C)O. The highest BCUT2D eigenvalue weighted by Gasteiger charge is 2.51. The molecule has 3 N–H and O–H groups in total. The molecule has 1 aromatic heterocycles. The van der Waals surface area contributed by atoms with Crippen LogP contribution in [0.15, 0.2) is 28.7 Å². The summed E-state index contributed by atoms with van der Waals surface area (Å²) in [6.45, 7) is 13.8. The summed E-state index contributed by atoms with van der Waals surface area (Å²) in [4.78, 5) is 36.4. The van der Waals surface area contributed by atoms with Crippen LogP contribution in [0.1, 0.15) is 79.5 Å². The first-order chi connectivity index (χ1) is 23.4. The van der Waals surface area contributed by atoms with E-state index in [0.717, 1.165) is 4.88 Å². The van der Waals surface area contributed by atoms with Gasteiger partial charge in [0.2, 0.25) is 0 Å². The number of nitrogens with zero attached hydrogens (tertiary/aromatic N) is 2. The number of aliphatic hydroxyl groups is 3. The van der Waals surface area contributed by atoms with Crippen molar-refractivity contribution in [2.45, 2.75) is 129 Å². The van der Waals surface area contributed by atoms with Crippen molar-refractivity contribution in [3.05, 3.63) is 28.5 Å². The molecule has 1 aromatic rings. The van der Waals surface area contributed by atoms with Gasteiger partial charge in [-0.15, -0.1) is 11.3 Å². The number of Topliss-reactive ketones (excluding diaryl/α,β-unsaturated/α-hetero) is 1. The van der Waals surface area contributed by atoms with E-state index in [1.54, 1.807) is 32.1 Å². The normalized spacial score (nSPS) is 40.6. The highest BCUT2D eigenvalue weighted by molar-refractivity contribution is 7.10. The maximum Gasteiger partial charge on any atom is 0.316 e. The van der Waals surface area contributed by atoms with E-state index in [1.165, 1.54) is 21.0 Å². The van der Waals surface area contributed by atoms with Crippen molar-refractivity contribution in [1.29, 1.82) is 0 Å². The molecular weight excluding hydrogens is 664 g/mol. The van der Waals surface area contributed by atoms with E-state index in [1.807, 2.05) is 69.4 Å². The van der Waals surface area contributed by atoms with Crippen LogP contribution < -0.4 is 0 Å². The van der Waals surface area contributed by atoms with Crippen LogP contribution in [0.2, 0.25) is 0 Å². The van der Waals surface area contributed by atoms with Crippen molar-refractivity contribution in [2.75, 3.05) is 27.8 Å². The van der Waals surface area contributed by atoms with Crippen molar-refractivity contribution in [2.24, 2.45) is 28.8 Å². The van der Waals surface area contributed by atoms with Crippen molar-refractivity contribution in [3.63, 3.8) is 0 Å². The number of hydrogen-bond acceptors (Lipinski definition) is 13. The minimum Gasteiger partial charge on any atom is -0.459 e. The molecule has 0 saturated carbocycles. The first-order valence-corrected chi connectivity index (χ1v) is 18.5. The zero-order chi connectivity index (χ0) is 37.6. The molecule has 50 heavy (non-hydrogen) atoms. The Hall–Kier alpha value is -2.23. The number of rotatable bonds is 9. The van der Waals surface area contributed by atoms with Gasteiger partial charge >= 0.3 is 5.97 Å². The number of esters is 1. The summed E-state index contributed by atoms with van der Waals surface area (Å²) < 4.78 is 24.7. The number of oxime groups is 1. The fourth-order valence-electron chi connectivity index (χ4n) is 7.32. The first kappa shape index (κ1) is 42.2. The zero-order valence-electron chi connectivity index (χ0n) is 31.6. The van der Waals surface area contributed by atoms with Gasteiger partial charge in [-0.3, -0.25) is 9.59 Å². The van der Waals surface area contributed by atoms with Crippen LogP contribution in [-0.4, -0.2) is 120 Å². The molecule has 0 aromatic carbocycles. The lowest BCUT2D eigenvalue weighted by molar-refractivity contribution is -0.295. The summed E-state index contributed by atoms with van der Waals surface area (Å²) in [7, 11) is 5.27. The fraction of sp³-hybridized carbons (Fsp3) is 0.757. The number of thiophene rings is 1. The minimum atomic E-state index is -1.90. The molecule has 2 aliphatic rings. The molecule has 3 heterocycles. The summed E-state index contributed by atoms with van der Waals surface area (Å²) in [5.41, 5.74) is -2.67. The Kier molecular flexibility index (Phi) is 15.2. The van der Waals surface area contributed by atoms with Crippen LogP contribution in [0.4, 0.5) is 0 Å². The number of cyclic esters (lactones) is 1. The monoisotopic (exact) mass is 724 g/mol. The van der Waals surface area contributed by atoms with E-state index in [-0.39, 0.29) is 31.6 Å². The fourth-order valence-corrected chi connectivity index (χ4v) is 7.97. The van der Waals surface area contributed by atoms with E-state index in [9.17, 15) is 24.9 Å². The molecule has 0 radical (unpaired) electrons. The Morgan fingerprint density at radius 1 is 1.12 bits per heavy atom. The van der Waals surface area contributed by atoms with Crippen LogP contribution >= 0.6 is 11.3 Å². The molecule has 1 unspecified atom stereocenters. The number of ether oxygens (including phenoxy) is 4. The summed E-state index contributed by atoms with van der Waals surface area (Å²) in [5, 5.41) is 41.3. The van der Waals surface area contributed by atoms with Crippen molar-refractivity contribution < 1.29 is 48.7 Å². The van der Waals surface area contributed by atoms with Crippen LogP contribution in [0, 0.1) is 23.7 Å². The van der Waals surface area contributed by atoms with Crippen LogP contribution in [0.25, 0.3) is 6.08 Å². The molecule has 13 heteroatoms. The van der Waals surface area contributed by atoms with Gasteiger partial charge in [-0.2, -0.15) is 0 Å². The largest absolute Gasteiger partial charge is 0.459 e. The second-order valence-corrected chi connectivity index (χ2v) is 15.7. The number of aliphatic hydroxyl groups excluding tert-OH is 2. The summed E-state index contributed by atoms with van der Waals surface area (Å²) in [6.07, 6.45) is -1.18. The maximum absolute atomic E-state index is 14.1. The molecule has 0 bridgehead atoms. The molecular formula is C37H60N2O10S. The van der Waals surface area contributed by atoms with Crippen molar-refractivity contribution in [1.82, 2.24) is 4.90 Å². The van der Waals surface area contributed by atoms with E-state index < -0.39 is 77.3 Å². The van der Waals surface area contributed by atoms with E-state index in [2.05, 4.69) is 5.16 Å². The third-order valence-corrected chi connectivity index (χ3v) is 11.3. The van der Waals surface area contributed by atoms with Gasteiger partial charge in [0.1, 0.15) is 30.3 Å². The Balaban J connectivity index is 2.11. The van der Waals surface area contributed by atoms with Crippen LogP contribution in [0.5, 0.6) is 0 Å². The molecule has 2 aliphatic heterocycles. The summed E-state index contributed by atoms with van der Waals surface area (Å²) in [5.74, 6) is -4.65. The molecule has 0 spiro atoms. The van der Waals surface area contributed by atoms with Gasteiger partial charge in [-0.25, -0.2) is 0 Å². The Morgan fingerprint density at radius 3 is 2.38 bits per heavy atom. The predicted molar refractivity (Wildman–Crippen MR) is 193 cm³/mol. The third-order valence-electron chi connectivity index (χ3n) is 10.5. The standard InChI is InChI=1S/C37H60N2O10S/c1-12-28-37(8,44)32(42)23(4)29(38-46-17-13-15-26-16-14-18-50-26)21(2)20-36(7,45-11)33(24(5)30(40)25(6)34(43)48-28)49-35-31(41)27(39(9)10)19-22(3)47-35/h13-16,18,21-25,27-28,31-33,35,41-42,44H,12,17,19-20H2,1-11H3/b15-13+,38-29+/t21-,22-,23+,24+,25-,27+,28-,31-,32-,33?,35-,36-,37-/m1/s1. The van der Waals surface area contributed by atoms with Gasteiger partial charge in [0.05, 0.1) is 29.6 Å². The molecule has 0 aliphatic carbocycles. The second-order valence-electron chi connectivity index (χ2n) is 14.7. The van der Waals surface area contributed by atoms with Gasteiger partial charge < -0.3 is 44.0 Å². The number of hydrogen-bond donors (Lipinski definition) is 3. The quantitative estimate of drug-likeness (QED) is 0.144. The van der Waals surface area contributed by atoms with E-state index in [0.29, 0.717) is 12.1 Å². The Bertz CT molecular complexity index is 1300. The van der Waals surface area contributed by atoms with Crippen LogP contribution in [-0.2, 0) is 33.4 Å². The molecule has 2 saturated heterocycles.